The van der Waals surface area contributed by atoms with Crippen LogP contribution in [0.25, 0.3) is 0 Å². The van der Waals surface area contributed by atoms with Crippen molar-refractivity contribution >= 4 is 5.69 Å². The van der Waals surface area contributed by atoms with Crippen molar-refractivity contribution in [1.29, 1.82) is 0 Å². The summed E-state index contributed by atoms with van der Waals surface area (Å²) in [6.45, 7) is 9.04. The Kier molecular flexibility index (Phi) is 3.74. The predicted octanol–water partition coefficient (Wildman–Crippen LogP) is 2.28. The molecule has 1 saturated heterocycles. The molecule has 1 saturated carbocycles. The lowest BCUT2D eigenvalue weighted by atomic mass is 10.1. The minimum atomic E-state index is -0.394. The van der Waals surface area contributed by atoms with Crippen LogP contribution in [0.4, 0.5) is 5.69 Å². The molecule has 2 aliphatic rings. The van der Waals surface area contributed by atoms with Crippen molar-refractivity contribution in [3.63, 3.8) is 0 Å². The van der Waals surface area contributed by atoms with Gasteiger partial charge in [-0.3, -0.25) is 4.90 Å². The van der Waals surface area contributed by atoms with E-state index in [4.69, 9.17) is 0 Å². The molecule has 1 aromatic rings. The van der Waals surface area contributed by atoms with Crippen molar-refractivity contribution in [1.82, 2.24) is 4.90 Å². The minimum absolute atomic E-state index is 0.394. The smallest absolute Gasteiger partial charge is 0.0690 e. The normalized spacial score (nSPS) is 22.3. The highest BCUT2D eigenvalue weighted by molar-refractivity contribution is 5.49. The van der Waals surface area contributed by atoms with Crippen molar-refractivity contribution < 1.29 is 5.11 Å². The number of rotatable bonds is 4. The maximum Gasteiger partial charge on any atom is 0.0690 e. The molecule has 0 unspecified atom stereocenters. The van der Waals surface area contributed by atoms with Gasteiger partial charge in [-0.05, 0) is 44.4 Å². The topological polar surface area (TPSA) is 26.7 Å². The maximum absolute atomic E-state index is 10.1. The SMILES string of the molecule is CC(C)N1CCN(c2cccc(CC3(O)CC3)c2)CC1. The van der Waals surface area contributed by atoms with Crippen molar-refractivity contribution in [2.45, 2.75) is 44.8 Å². The van der Waals surface area contributed by atoms with Crippen LogP contribution in [-0.4, -0.2) is 47.8 Å². The van der Waals surface area contributed by atoms with Crippen LogP contribution in [0.1, 0.15) is 32.3 Å². The Balaban J connectivity index is 1.64. The van der Waals surface area contributed by atoms with E-state index in [1.54, 1.807) is 0 Å². The van der Waals surface area contributed by atoms with Crippen molar-refractivity contribution in [2.24, 2.45) is 0 Å². The summed E-state index contributed by atoms with van der Waals surface area (Å²) in [5, 5.41) is 10.1. The standard InChI is InChI=1S/C17H26N2O/c1-14(2)18-8-10-19(11-9-18)16-5-3-4-15(12-16)13-17(20)6-7-17/h3-5,12,14,20H,6-11,13H2,1-2H3. The Morgan fingerprint density at radius 2 is 1.85 bits per heavy atom. The van der Waals surface area contributed by atoms with Gasteiger partial charge in [0.1, 0.15) is 0 Å². The van der Waals surface area contributed by atoms with E-state index < -0.39 is 5.60 Å². The molecule has 1 N–H and O–H groups in total. The summed E-state index contributed by atoms with van der Waals surface area (Å²) in [7, 11) is 0. The number of aliphatic hydroxyl groups is 1. The molecule has 0 bridgehead atoms. The van der Waals surface area contributed by atoms with E-state index >= 15 is 0 Å². The predicted molar refractivity (Wildman–Crippen MR) is 83.3 cm³/mol. The van der Waals surface area contributed by atoms with Gasteiger partial charge in [0.25, 0.3) is 0 Å². The molecule has 1 aliphatic heterocycles. The highest BCUT2D eigenvalue weighted by Gasteiger charge is 2.40. The Labute approximate surface area is 122 Å². The summed E-state index contributed by atoms with van der Waals surface area (Å²) >= 11 is 0. The Morgan fingerprint density at radius 3 is 2.45 bits per heavy atom. The van der Waals surface area contributed by atoms with E-state index in [1.165, 1.54) is 11.3 Å². The summed E-state index contributed by atoms with van der Waals surface area (Å²) < 4.78 is 0. The van der Waals surface area contributed by atoms with Gasteiger partial charge in [-0.25, -0.2) is 0 Å². The van der Waals surface area contributed by atoms with Gasteiger partial charge in [-0.15, -0.1) is 0 Å². The van der Waals surface area contributed by atoms with Crippen LogP contribution in [0.2, 0.25) is 0 Å². The monoisotopic (exact) mass is 274 g/mol. The number of hydrogen-bond donors (Lipinski definition) is 1. The molecule has 1 aromatic carbocycles. The lowest BCUT2D eigenvalue weighted by Crippen LogP contribution is -2.48. The molecule has 0 amide bonds. The van der Waals surface area contributed by atoms with E-state index in [9.17, 15) is 5.11 Å². The highest BCUT2D eigenvalue weighted by Crippen LogP contribution is 2.38. The summed E-state index contributed by atoms with van der Waals surface area (Å²) in [5.41, 5.74) is 2.19. The number of piperazine rings is 1. The zero-order chi connectivity index (χ0) is 14.2. The van der Waals surface area contributed by atoms with Crippen molar-refractivity contribution in [3.05, 3.63) is 29.8 Å². The van der Waals surface area contributed by atoms with Crippen LogP contribution >= 0.6 is 0 Å². The Morgan fingerprint density at radius 1 is 1.15 bits per heavy atom. The molecule has 3 rings (SSSR count). The molecule has 3 nitrogen and oxygen atoms in total. The zero-order valence-electron chi connectivity index (χ0n) is 12.7. The molecule has 1 heterocycles. The summed E-state index contributed by atoms with van der Waals surface area (Å²) in [5.74, 6) is 0. The van der Waals surface area contributed by atoms with Gasteiger partial charge < -0.3 is 10.0 Å². The van der Waals surface area contributed by atoms with Crippen molar-refractivity contribution in [2.75, 3.05) is 31.1 Å². The summed E-state index contributed by atoms with van der Waals surface area (Å²) in [6.07, 6.45) is 2.74. The molecule has 2 fully saturated rings. The molecule has 0 radical (unpaired) electrons. The Hall–Kier alpha value is -1.06. The van der Waals surface area contributed by atoms with E-state index in [0.717, 1.165) is 45.4 Å². The average Bonchev–Trinajstić information content (AvgIpc) is 3.16. The second-order valence-corrected chi connectivity index (χ2v) is 6.69. The second kappa shape index (κ2) is 5.38. The molecule has 20 heavy (non-hydrogen) atoms. The van der Waals surface area contributed by atoms with Crippen LogP contribution in [-0.2, 0) is 6.42 Å². The average molecular weight is 274 g/mol. The first kappa shape index (κ1) is 13.9. The molecule has 0 atom stereocenters. The van der Waals surface area contributed by atoms with Crippen LogP contribution in [0.5, 0.6) is 0 Å². The summed E-state index contributed by atoms with van der Waals surface area (Å²) in [6, 6.07) is 9.38. The zero-order valence-corrected chi connectivity index (χ0v) is 12.7. The van der Waals surface area contributed by atoms with Gasteiger partial charge in [0.15, 0.2) is 0 Å². The first-order valence-corrected chi connectivity index (χ1v) is 7.86. The quantitative estimate of drug-likeness (QED) is 0.912. The fraction of sp³-hybridized carbons (Fsp3) is 0.647. The number of benzene rings is 1. The van der Waals surface area contributed by atoms with E-state index in [-0.39, 0.29) is 0 Å². The van der Waals surface area contributed by atoms with E-state index in [1.807, 2.05) is 0 Å². The third-order valence-corrected chi connectivity index (χ3v) is 4.68. The van der Waals surface area contributed by atoms with Gasteiger partial charge in [-0.2, -0.15) is 0 Å². The van der Waals surface area contributed by atoms with Crippen molar-refractivity contribution in [3.8, 4) is 0 Å². The fourth-order valence-electron chi connectivity index (χ4n) is 3.06. The van der Waals surface area contributed by atoms with Gasteiger partial charge in [0.05, 0.1) is 5.60 Å². The third kappa shape index (κ3) is 3.15. The summed E-state index contributed by atoms with van der Waals surface area (Å²) in [4.78, 5) is 5.01. The van der Waals surface area contributed by atoms with Gasteiger partial charge in [0.2, 0.25) is 0 Å². The Bertz CT molecular complexity index is 460. The fourth-order valence-corrected chi connectivity index (χ4v) is 3.06. The molecule has 0 spiro atoms. The lowest BCUT2D eigenvalue weighted by molar-refractivity contribution is 0.151. The van der Waals surface area contributed by atoms with Crippen LogP contribution in [0.15, 0.2) is 24.3 Å². The van der Waals surface area contributed by atoms with E-state index in [0.29, 0.717) is 6.04 Å². The maximum atomic E-state index is 10.1. The van der Waals surface area contributed by atoms with Gasteiger partial charge in [0, 0.05) is 44.3 Å². The molecular formula is C17H26N2O. The lowest BCUT2D eigenvalue weighted by Gasteiger charge is -2.38. The van der Waals surface area contributed by atoms with Crippen LogP contribution < -0.4 is 4.90 Å². The largest absolute Gasteiger partial charge is 0.390 e. The molecular weight excluding hydrogens is 248 g/mol. The molecule has 0 aromatic heterocycles. The number of hydrogen-bond acceptors (Lipinski definition) is 3. The first-order valence-electron chi connectivity index (χ1n) is 7.86. The minimum Gasteiger partial charge on any atom is -0.390 e. The second-order valence-electron chi connectivity index (χ2n) is 6.69. The molecule has 3 heteroatoms. The first-order chi connectivity index (χ1) is 9.56. The van der Waals surface area contributed by atoms with Crippen LogP contribution in [0.3, 0.4) is 0 Å². The number of nitrogens with zero attached hydrogens (tertiary/aromatic N) is 2. The third-order valence-electron chi connectivity index (χ3n) is 4.68. The van der Waals surface area contributed by atoms with Crippen LogP contribution in [0, 0.1) is 0 Å². The molecule has 1 aliphatic carbocycles. The number of anilines is 1. The molecule has 110 valence electrons. The highest BCUT2D eigenvalue weighted by atomic mass is 16.3. The van der Waals surface area contributed by atoms with E-state index in [2.05, 4.69) is 47.9 Å². The van der Waals surface area contributed by atoms with Gasteiger partial charge in [-0.1, -0.05) is 12.1 Å². The van der Waals surface area contributed by atoms with Gasteiger partial charge >= 0.3 is 0 Å².